The van der Waals surface area contributed by atoms with Crippen molar-refractivity contribution in [2.24, 2.45) is 16.8 Å². The topological polar surface area (TPSA) is 86.4 Å². The van der Waals surface area contributed by atoms with Crippen LogP contribution in [0.5, 0.6) is 5.75 Å². The third-order valence-electron chi connectivity index (χ3n) is 6.22. The van der Waals surface area contributed by atoms with Crippen molar-refractivity contribution in [2.45, 2.75) is 45.1 Å². The van der Waals surface area contributed by atoms with E-state index in [0.29, 0.717) is 17.5 Å². The first-order valence-corrected chi connectivity index (χ1v) is 12.6. The molecule has 2 aromatic carbocycles. The number of nitrogens with two attached hydrogens (primary N) is 1. The molecule has 1 aliphatic rings. The van der Waals surface area contributed by atoms with Crippen LogP contribution in [0.3, 0.4) is 0 Å². The number of ether oxygens (including phenoxy) is 2. The zero-order valence-corrected chi connectivity index (χ0v) is 21.4. The van der Waals surface area contributed by atoms with E-state index in [-0.39, 0.29) is 6.10 Å². The highest BCUT2D eigenvalue weighted by molar-refractivity contribution is 6.30. The number of hydrogen-bond donors (Lipinski definition) is 1. The lowest BCUT2D eigenvalue weighted by Gasteiger charge is -2.33. The van der Waals surface area contributed by atoms with Crippen LogP contribution in [0.2, 0.25) is 5.02 Å². The number of hydrogen-bond acceptors (Lipinski definition) is 6. The Labute approximate surface area is 213 Å². The number of halogens is 1. The zero-order chi connectivity index (χ0) is 25.0. The summed E-state index contributed by atoms with van der Waals surface area (Å²) >= 11 is 6.03. The molecule has 2 N–H and O–H groups in total. The summed E-state index contributed by atoms with van der Waals surface area (Å²) < 4.78 is 11.5. The van der Waals surface area contributed by atoms with Crippen molar-refractivity contribution in [3.63, 3.8) is 0 Å². The predicted octanol–water partition coefficient (Wildman–Crippen LogP) is 5.48. The Morgan fingerprint density at radius 1 is 1.17 bits per heavy atom. The van der Waals surface area contributed by atoms with E-state index >= 15 is 0 Å². The molecule has 1 aliphatic heterocycles. The fraction of sp³-hybridized carbons (Fsp3) is 0.481. The van der Waals surface area contributed by atoms with Crippen molar-refractivity contribution in [3.05, 3.63) is 64.7 Å². The van der Waals surface area contributed by atoms with Gasteiger partial charge in [-0.1, -0.05) is 54.4 Å². The Kier molecular flexibility index (Phi) is 10.7. The molecule has 7 nitrogen and oxygen atoms in total. The molecule has 2 aromatic rings. The highest BCUT2D eigenvalue weighted by Crippen LogP contribution is 2.23. The van der Waals surface area contributed by atoms with Gasteiger partial charge in [0.25, 0.3) is 0 Å². The molecule has 0 radical (unpaired) electrons. The average molecular weight is 502 g/mol. The lowest BCUT2D eigenvalue weighted by Crippen LogP contribution is -2.41. The first-order valence-electron chi connectivity index (χ1n) is 12.3. The summed E-state index contributed by atoms with van der Waals surface area (Å²) in [5, 5.41) is 4.90. The Hall–Kier alpha value is -2.77. The van der Waals surface area contributed by atoms with Crippen LogP contribution in [0.15, 0.2) is 53.7 Å². The van der Waals surface area contributed by atoms with Crippen molar-refractivity contribution in [2.75, 3.05) is 33.4 Å². The number of carbonyl (C=O) groups excluding carboxylic acids is 1. The smallest absolute Gasteiger partial charge is 0.404 e. The molecule has 1 atom stereocenters. The van der Waals surface area contributed by atoms with Gasteiger partial charge in [0, 0.05) is 22.7 Å². The van der Waals surface area contributed by atoms with Gasteiger partial charge in [0.15, 0.2) is 0 Å². The van der Waals surface area contributed by atoms with E-state index < -0.39 is 6.09 Å². The minimum absolute atomic E-state index is 0.133. The molecule has 1 heterocycles. The summed E-state index contributed by atoms with van der Waals surface area (Å²) in [6, 6.07) is 15.4. The fourth-order valence-electron chi connectivity index (χ4n) is 4.33. The molecule has 3 rings (SSSR count). The molecule has 190 valence electrons. The summed E-state index contributed by atoms with van der Waals surface area (Å²) in [6.07, 6.45) is 4.20. The van der Waals surface area contributed by atoms with Gasteiger partial charge < -0.3 is 20.0 Å². The van der Waals surface area contributed by atoms with Crippen LogP contribution in [-0.4, -0.2) is 56.2 Å². The summed E-state index contributed by atoms with van der Waals surface area (Å²) in [7, 11) is 1.54. The minimum Gasteiger partial charge on any atom is -0.493 e. The fourth-order valence-corrected chi connectivity index (χ4v) is 4.45. The van der Waals surface area contributed by atoms with Crippen LogP contribution in [-0.2, 0) is 9.57 Å². The molecule has 0 saturated carbocycles. The summed E-state index contributed by atoms with van der Waals surface area (Å²) in [5.74, 6) is 1.28. The van der Waals surface area contributed by atoms with Gasteiger partial charge in [-0.3, -0.25) is 4.90 Å². The predicted molar refractivity (Wildman–Crippen MR) is 139 cm³/mol. The molecule has 0 unspecified atom stereocenters. The van der Waals surface area contributed by atoms with Crippen LogP contribution in [0, 0.1) is 5.92 Å². The van der Waals surface area contributed by atoms with E-state index in [2.05, 4.69) is 17.0 Å². The second-order valence-corrected chi connectivity index (χ2v) is 9.35. The quantitative estimate of drug-likeness (QED) is 0.307. The number of oxime groups is 1. The van der Waals surface area contributed by atoms with E-state index in [1.165, 1.54) is 7.11 Å². The molecule has 0 bridgehead atoms. The summed E-state index contributed by atoms with van der Waals surface area (Å²) in [5.41, 5.74) is 7.80. The lowest BCUT2D eigenvalue weighted by atomic mass is 9.97. The SMILES string of the molecule is CCCC[C@H](CN1CCC(COc2cccc(/C(=N/OC)c3ccc(Cl)cc3)c2)CC1)OC(N)=O. The van der Waals surface area contributed by atoms with Crippen LogP contribution in [0.25, 0.3) is 0 Å². The molecular formula is C27H36ClN3O4. The monoisotopic (exact) mass is 501 g/mol. The second-order valence-electron chi connectivity index (χ2n) is 8.91. The number of benzene rings is 2. The maximum absolute atomic E-state index is 11.2. The van der Waals surface area contributed by atoms with Crippen molar-refractivity contribution >= 4 is 23.4 Å². The number of rotatable bonds is 12. The molecule has 0 aromatic heterocycles. The zero-order valence-electron chi connectivity index (χ0n) is 20.6. The van der Waals surface area contributed by atoms with Gasteiger partial charge in [-0.2, -0.15) is 0 Å². The van der Waals surface area contributed by atoms with E-state index in [1.54, 1.807) is 0 Å². The third-order valence-corrected chi connectivity index (χ3v) is 6.48. The first kappa shape index (κ1) is 26.8. The average Bonchev–Trinajstić information content (AvgIpc) is 2.86. The van der Waals surface area contributed by atoms with Gasteiger partial charge in [0.05, 0.1) is 6.61 Å². The van der Waals surface area contributed by atoms with Gasteiger partial charge in [-0.05, 0) is 69.0 Å². The molecular weight excluding hydrogens is 466 g/mol. The molecule has 1 saturated heterocycles. The normalized spacial score (nSPS) is 16.0. The Balaban J connectivity index is 1.53. The molecule has 35 heavy (non-hydrogen) atoms. The van der Waals surface area contributed by atoms with E-state index in [4.69, 9.17) is 31.6 Å². The van der Waals surface area contributed by atoms with Gasteiger partial charge >= 0.3 is 6.09 Å². The van der Waals surface area contributed by atoms with Crippen molar-refractivity contribution in [1.29, 1.82) is 0 Å². The Morgan fingerprint density at radius 2 is 1.91 bits per heavy atom. The third kappa shape index (κ3) is 8.75. The highest BCUT2D eigenvalue weighted by atomic mass is 35.5. The van der Waals surface area contributed by atoms with E-state index in [1.807, 2.05) is 48.5 Å². The van der Waals surface area contributed by atoms with Crippen LogP contribution in [0.1, 0.15) is 50.2 Å². The van der Waals surface area contributed by atoms with Crippen LogP contribution < -0.4 is 10.5 Å². The number of nitrogens with zero attached hydrogens (tertiary/aromatic N) is 2. The number of likely N-dealkylation sites (tertiary alicyclic amines) is 1. The van der Waals surface area contributed by atoms with E-state index in [9.17, 15) is 4.79 Å². The molecule has 0 spiro atoms. The van der Waals surface area contributed by atoms with Crippen molar-refractivity contribution in [3.8, 4) is 5.75 Å². The maximum Gasteiger partial charge on any atom is 0.404 e. The molecule has 1 amide bonds. The summed E-state index contributed by atoms with van der Waals surface area (Å²) in [4.78, 5) is 18.7. The van der Waals surface area contributed by atoms with Crippen LogP contribution >= 0.6 is 11.6 Å². The number of amides is 1. The van der Waals surface area contributed by atoms with Crippen molar-refractivity contribution in [1.82, 2.24) is 4.90 Å². The second kappa shape index (κ2) is 14.0. The number of primary amides is 1. The van der Waals surface area contributed by atoms with E-state index in [0.717, 1.165) is 74.3 Å². The highest BCUT2D eigenvalue weighted by Gasteiger charge is 2.23. The van der Waals surface area contributed by atoms with Gasteiger partial charge in [0.1, 0.15) is 24.7 Å². The summed E-state index contributed by atoms with van der Waals surface area (Å²) in [6.45, 7) is 5.45. The van der Waals surface area contributed by atoms with Crippen molar-refractivity contribution < 1.29 is 19.1 Å². The first-order chi connectivity index (χ1) is 17.0. The molecule has 0 aliphatic carbocycles. The molecule has 8 heteroatoms. The standard InChI is InChI=1S/C27H36ClN3O4/c1-3-4-7-25(35-27(29)32)18-31-15-13-20(14-16-31)19-34-24-8-5-6-22(17-24)26(30-33-2)21-9-11-23(28)12-10-21/h5-6,8-12,17,20,25H,3-4,7,13-16,18-19H2,1-2H3,(H2,29,32)/b30-26+/t25-/m1/s1. The van der Waals surface area contributed by atoms with Gasteiger partial charge in [0.2, 0.25) is 0 Å². The van der Waals surface area contributed by atoms with Crippen LogP contribution in [0.4, 0.5) is 4.79 Å². The molecule has 1 fully saturated rings. The largest absolute Gasteiger partial charge is 0.493 e. The van der Waals surface area contributed by atoms with Gasteiger partial charge in [-0.25, -0.2) is 4.79 Å². The Morgan fingerprint density at radius 3 is 2.57 bits per heavy atom. The number of unbranched alkanes of at least 4 members (excludes halogenated alkanes) is 1. The number of carbonyl (C=O) groups is 1. The Bertz CT molecular complexity index is 959. The lowest BCUT2D eigenvalue weighted by molar-refractivity contribution is 0.0539. The maximum atomic E-state index is 11.2. The number of piperidine rings is 1. The minimum atomic E-state index is -0.689. The van der Waals surface area contributed by atoms with Gasteiger partial charge in [-0.15, -0.1) is 0 Å².